The summed E-state index contributed by atoms with van der Waals surface area (Å²) in [7, 11) is 0. The van der Waals surface area contributed by atoms with Crippen LogP contribution in [-0.4, -0.2) is 30.3 Å². The number of carbonyl (C=O) groups excluding carboxylic acids is 2. The lowest BCUT2D eigenvalue weighted by molar-refractivity contribution is -0.204. The van der Waals surface area contributed by atoms with E-state index in [1.54, 1.807) is 11.4 Å². The van der Waals surface area contributed by atoms with Crippen LogP contribution in [0.25, 0.3) is 0 Å². The molecule has 2 aromatic carbocycles. The third kappa shape index (κ3) is 4.24. The Kier molecular flexibility index (Phi) is 6.27. The van der Waals surface area contributed by atoms with Crippen molar-refractivity contribution < 1.29 is 31.9 Å². The molecule has 9 heteroatoms. The van der Waals surface area contributed by atoms with Gasteiger partial charge in [-0.15, -0.1) is 0 Å². The maximum Gasteiger partial charge on any atom is 0.441 e. The number of alkyl halides is 3. The van der Waals surface area contributed by atoms with Crippen LogP contribution in [0.4, 0.5) is 23.2 Å². The molecule has 5 nitrogen and oxygen atoms in total. The summed E-state index contributed by atoms with van der Waals surface area (Å²) >= 11 is 0. The highest BCUT2D eigenvalue weighted by atomic mass is 19.4. The van der Waals surface area contributed by atoms with E-state index in [0.717, 1.165) is 12.1 Å². The average Bonchev–Trinajstić information content (AvgIpc) is 2.62. The van der Waals surface area contributed by atoms with E-state index in [9.17, 15) is 27.2 Å². The molecule has 2 N–H and O–H groups in total. The van der Waals surface area contributed by atoms with Crippen LogP contribution in [0.2, 0.25) is 0 Å². The zero-order chi connectivity index (χ0) is 20.9. The minimum atomic E-state index is -5.30. The highest BCUT2D eigenvalue weighted by Gasteiger charge is 2.63. The summed E-state index contributed by atoms with van der Waals surface area (Å²) in [6.45, 7) is 2.49. The van der Waals surface area contributed by atoms with Crippen molar-refractivity contribution in [3.8, 4) is 0 Å². The quantitative estimate of drug-likeness (QED) is 0.441. The number of halogens is 4. The summed E-state index contributed by atoms with van der Waals surface area (Å²) in [4.78, 5) is 24.8. The number of esters is 1. The van der Waals surface area contributed by atoms with Crippen LogP contribution in [0, 0.1) is 12.7 Å². The van der Waals surface area contributed by atoms with E-state index in [1.807, 2.05) is 0 Å². The smallest absolute Gasteiger partial charge is 0.441 e. The first-order valence-electron chi connectivity index (χ1n) is 8.27. The zero-order valence-corrected chi connectivity index (χ0v) is 15.1. The molecular formula is C19H18F4N2O3. The Labute approximate surface area is 158 Å². The Hall–Kier alpha value is -3.10. The monoisotopic (exact) mass is 398 g/mol. The maximum atomic E-state index is 14.1. The van der Waals surface area contributed by atoms with Crippen LogP contribution < -0.4 is 10.6 Å². The van der Waals surface area contributed by atoms with Crippen molar-refractivity contribution >= 4 is 17.6 Å². The molecule has 0 aliphatic carbocycles. The number of hydrogen-bond acceptors (Lipinski definition) is 4. The number of rotatable bonds is 6. The van der Waals surface area contributed by atoms with Gasteiger partial charge in [-0.25, -0.2) is 9.18 Å². The summed E-state index contributed by atoms with van der Waals surface area (Å²) < 4.78 is 60.7. The number of carbonyl (C=O) groups is 2. The van der Waals surface area contributed by atoms with Gasteiger partial charge in [0.05, 0.1) is 12.2 Å². The number of benzene rings is 2. The molecule has 0 fully saturated rings. The van der Waals surface area contributed by atoms with Gasteiger partial charge in [0.15, 0.2) is 0 Å². The van der Waals surface area contributed by atoms with E-state index < -0.39 is 35.1 Å². The number of aryl methyl sites for hydroxylation is 1. The number of nitrogens with one attached hydrogen (secondary N) is 2. The van der Waals surface area contributed by atoms with Crippen LogP contribution in [0.5, 0.6) is 0 Å². The van der Waals surface area contributed by atoms with Crippen LogP contribution in [-0.2, 0) is 9.53 Å². The molecule has 0 saturated heterocycles. The molecule has 28 heavy (non-hydrogen) atoms. The minimum absolute atomic E-state index is 0.0540. The van der Waals surface area contributed by atoms with Crippen LogP contribution >= 0.6 is 0 Å². The molecule has 1 amide bonds. The normalized spacial score (nSPS) is 13.4. The van der Waals surface area contributed by atoms with Crippen molar-refractivity contribution in [3.63, 3.8) is 0 Å². The highest BCUT2D eigenvalue weighted by Crippen LogP contribution is 2.34. The predicted molar refractivity (Wildman–Crippen MR) is 94.1 cm³/mol. The second kappa shape index (κ2) is 8.28. The second-order valence-corrected chi connectivity index (χ2v) is 5.84. The maximum absolute atomic E-state index is 14.1. The Morgan fingerprint density at radius 1 is 1.04 bits per heavy atom. The molecule has 0 saturated carbocycles. The molecule has 0 heterocycles. The zero-order valence-electron chi connectivity index (χ0n) is 15.1. The Balaban J connectivity index is 2.56. The van der Waals surface area contributed by atoms with Crippen molar-refractivity contribution in [1.29, 1.82) is 0 Å². The molecule has 2 aromatic rings. The second-order valence-electron chi connectivity index (χ2n) is 5.84. The molecule has 0 bridgehead atoms. The Bertz CT molecular complexity index is 870. The van der Waals surface area contributed by atoms with Gasteiger partial charge in [0, 0.05) is 5.69 Å². The number of hydrogen-bond donors (Lipinski definition) is 2. The van der Waals surface area contributed by atoms with Crippen molar-refractivity contribution in [2.24, 2.45) is 0 Å². The molecule has 0 aliphatic heterocycles. The highest BCUT2D eigenvalue weighted by molar-refractivity contribution is 5.99. The van der Waals surface area contributed by atoms with Crippen LogP contribution in [0.15, 0.2) is 48.5 Å². The first kappa shape index (κ1) is 21.2. The summed E-state index contributed by atoms with van der Waals surface area (Å²) in [5, 5.41) is 3.65. The predicted octanol–water partition coefficient (Wildman–Crippen LogP) is 3.80. The number of amides is 1. The van der Waals surface area contributed by atoms with Crippen molar-refractivity contribution in [2.45, 2.75) is 25.7 Å². The van der Waals surface area contributed by atoms with Gasteiger partial charge < -0.3 is 15.4 Å². The van der Waals surface area contributed by atoms with Gasteiger partial charge in [0.2, 0.25) is 0 Å². The van der Waals surface area contributed by atoms with Gasteiger partial charge in [-0.05, 0) is 37.6 Å². The third-order valence-electron chi connectivity index (χ3n) is 3.89. The fourth-order valence-electron chi connectivity index (χ4n) is 2.43. The fraction of sp³-hybridized carbons (Fsp3) is 0.263. The molecule has 0 aliphatic rings. The molecule has 0 unspecified atom stereocenters. The fourth-order valence-corrected chi connectivity index (χ4v) is 2.43. The average molecular weight is 398 g/mol. The standard InChI is InChI=1S/C19H18F4N2O3/c1-3-28-17(27)18(19(21,22)23,24-15-11-7-4-8-12(15)2)25-16(26)13-9-5-6-10-14(13)20/h4-11,24H,3H2,1-2H3,(H,25,26)/t18-/m1/s1. The lowest BCUT2D eigenvalue weighted by Gasteiger charge is -2.35. The van der Waals surface area contributed by atoms with Crippen molar-refractivity contribution in [1.82, 2.24) is 5.32 Å². The molecule has 2 rings (SSSR count). The minimum Gasteiger partial charge on any atom is -0.463 e. The summed E-state index contributed by atoms with van der Waals surface area (Å²) in [6, 6.07) is 10.4. The van der Waals surface area contributed by atoms with Crippen LogP contribution in [0.3, 0.4) is 0 Å². The first-order chi connectivity index (χ1) is 13.1. The Morgan fingerprint density at radius 3 is 2.21 bits per heavy atom. The molecule has 0 spiro atoms. The van der Waals surface area contributed by atoms with E-state index in [1.165, 1.54) is 44.2 Å². The summed E-state index contributed by atoms with van der Waals surface area (Å²) in [6.07, 6.45) is -5.30. The van der Waals surface area contributed by atoms with Gasteiger partial charge >= 0.3 is 17.8 Å². The van der Waals surface area contributed by atoms with Gasteiger partial charge in [0.1, 0.15) is 5.82 Å². The van der Waals surface area contributed by atoms with Crippen LogP contribution in [0.1, 0.15) is 22.8 Å². The molecule has 0 aromatic heterocycles. The van der Waals surface area contributed by atoms with Gasteiger partial charge in [-0.1, -0.05) is 30.3 Å². The van der Waals surface area contributed by atoms with E-state index in [4.69, 9.17) is 0 Å². The van der Waals surface area contributed by atoms with Crippen molar-refractivity contribution in [3.05, 3.63) is 65.5 Å². The number of ether oxygens (including phenoxy) is 1. The topological polar surface area (TPSA) is 67.4 Å². The Morgan fingerprint density at radius 2 is 1.64 bits per heavy atom. The lowest BCUT2D eigenvalue weighted by atomic mass is 10.1. The largest absolute Gasteiger partial charge is 0.463 e. The molecular weight excluding hydrogens is 380 g/mol. The van der Waals surface area contributed by atoms with Gasteiger partial charge in [-0.2, -0.15) is 13.2 Å². The van der Waals surface area contributed by atoms with E-state index >= 15 is 0 Å². The van der Waals surface area contributed by atoms with E-state index in [2.05, 4.69) is 10.1 Å². The van der Waals surface area contributed by atoms with E-state index in [0.29, 0.717) is 5.56 Å². The summed E-state index contributed by atoms with van der Waals surface area (Å²) in [5.74, 6) is -4.23. The third-order valence-corrected chi connectivity index (χ3v) is 3.89. The first-order valence-corrected chi connectivity index (χ1v) is 8.27. The molecule has 1 atom stereocenters. The number of para-hydroxylation sites is 1. The summed E-state index contributed by atoms with van der Waals surface area (Å²) in [5.41, 5.74) is -3.93. The van der Waals surface area contributed by atoms with Gasteiger partial charge in [-0.3, -0.25) is 4.79 Å². The molecule has 0 radical (unpaired) electrons. The van der Waals surface area contributed by atoms with Crippen molar-refractivity contribution in [2.75, 3.05) is 11.9 Å². The number of anilines is 1. The SMILES string of the molecule is CCOC(=O)[C@](NC(=O)c1ccccc1F)(Nc1ccccc1C)C(F)(F)F. The van der Waals surface area contributed by atoms with E-state index in [-0.39, 0.29) is 12.3 Å². The van der Waals surface area contributed by atoms with Gasteiger partial charge in [0.25, 0.3) is 5.91 Å². The molecule has 150 valence electrons. The lowest BCUT2D eigenvalue weighted by Crippen LogP contribution is -2.69.